The van der Waals surface area contributed by atoms with Crippen LogP contribution in [0.2, 0.25) is 5.02 Å². The molecule has 0 unspecified atom stereocenters. The molecule has 1 saturated heterocycles. The van der Waals surface area contributed by atoms with Gasteiger partial charge in [0.05, 0.1) is 41.9 Å². The summed E-state index contributed by atoms with van der Waals surface area (Å²) in [5.41, 5.74) is 1.43. The lowest BCUT2D eigenvalue weighted by Gasteiger charge is -2.24. The zero-order valence-corrected chi connectivity index (χ0v) is 22.6. The smallest absolute Gasteiger partial charge is 0.337 e. The number of fused-ring (bicyclic) bond motifs is 1. The van der Waals surface area contributed by atoms with E-state index in [0.717, 1.165) is 0 Å². The molecule has 1 aliphatic rings. The molecular weight excluding hydrogens is 541 g/mol. The summed E-state index contributed by atoms with van der Waals surface area (Å²) in [5.74, 6) is -0.803. The van der Waals surface area contributed by atoms with Crippen LogP contribution in [0.1, 0.15) is 22.3 Å². The highest BCUT2D eigenvalue weighted by Gasteiger charge is 2.36. The fourth-order valence-electron chi connectivity index (χ4n) is 4.64. The molecule has 1 N–H and O–H groups in total. The minimum Gasteiger partial charge on any atom is -0.491 e. The predicted molar refractivity (Wildman–Crippen MR) is 147 cm³/mol. The van der Waals surface area contributed by atoms with Gasteiger partial charge in [0.25, 0.3) is 6.01 Å². The number of amides is 1. The molecule has 2 atom stereocenters. The molecule has 1 fully saturated rings. The van der Waals surface area contributed by atoms with Gasteiger partial charge in [0.1, 0.15) is 17.9 Å². The molecule has 5 rings (SSSR count). The average molecular weight is 568 g/mol. The summed E-state index contributed by atoms with van der Waals surface area (Å²) >= 11 is 6.18. The zero-order valence-electron chi connectivity index (χ0n) is 21.9. The van der Waals surface area contributed by atoms with Crippen LogP contribution in [0, 0.1) is 5.82 Å². The Kier molecular flexibility index (Phi) is 8.18. The zero-order chi connectivity index (χ0) is 28.2. The first-order valence-electron chi connectivity index (χ1n) is 12.6. The maximum absolute atomic E-state index is 15.4. The third kappa shape index (κ3) is 5.88. The summed E-state index contributed by atoms with van der Waals surface area (Å²) in [6.45, 7) is 0.576. The monoisotopic (exact) mass is 567 g/mol. The van der Waals surface area contributed by atoms with Crippen molar-refractivity contribution < 1.29 is 32.6 Å². The Hall–Kier alpha value is -4.15. The summed E-state index contributed by atoms with van der Waals surface area (Å²) in [6.07, 6.45) is 0.235. The van der Waals surface area contributed by atoms with Crippen LogP contribution in [0.3, 0.4) is 0 Å². The van der Waals surface area contributed by atoms with Crippen LogP contribution in [-0.2, 0) is 20.7 Å². The van der Waals surface area contributed by atoms with Gasteiger partial charge in [0.15, 0.2) is 11.4 Å². The maximum Gasteiger partial charge on any atom is 0.337 e. The van der Waals surface area contributed by atoms with Crippen LogP contribution in [0.5, 0.6) is 5.75 Å². The van der Waals surface area contributed by atoms with Gasteiger partial charge in [-0.2, -0.15) is 4.98 Å². The Morgan fingerprint density at radius 3 is 2.62 bits per heavy atom. The third-order valence-electron chi connectivity index (χ3n) is 6.78. The fraction of sp³-hybridized carbons (Fsp3) is 0.276. The van der Waals surface area contributed by atoms with Crippen molar-refractivity contribution in [3.63, 3.8) is 0 Å². The number of ether oxygens (including phenoxy) is 3. The molecule has 0 bridgehead atoms. The lowest BCUT2D eigenvalue weighted by atomic mass is 10.1. The highest BCUT2D eigenvalue weighted by Crippen LogP contribution is 2.30. The molecule has 9 nitrogen and oxygen atoms in total. The van der Waals surface area contributed by atoms with Crippen LogP contribution in [0.4, 0.5) is 16.1 Å². The maximum atomic E-state index is 15.4. The number of carbonyl (C=O) groups excluding carboxylic acids is 2. The first-order chi connectivity index (χ1) is 19.4. The number of halogens is 2. The lowest BCUT2D eigenvalue weighted by Crippen LogP contribution is -2.40. The van der Waals surface area contributed by atoms with Crippen LogP contribution in [0.25, 0.3) is 11.1 Å². The molecule has 4 aromatic rings. The Morgan fingerprint density at radius 2 is 1.90 bits per heavy atom. The van der Waals surface area contributed by atoms with E-state index in [2.05, 4.69) is 10.3 Å². The summed E-state index contributed by atoms with van der Waals surface area (Å²) in [7, 11) is 2.91. The molecule has 0 radical (unpaired) electrons. The van der Waals surface area contributed by atoms with Crippen LogP contribution < -0.4 is 10.1 Å². The molecule has 0 saturated carbocycles. The number of nitrogens with one attached hydrogen (secondary N) is 1. The summed E-state index contributed by atoms with van der Waals surface area (Å²) in [4.78, 5) is 30.9. The van der Waals surface area contributed by atoms with Crippen LogP contribution in [0.15, 0.2) is 65.1 Å². The second-order valence-electron chi connectivity index (χ2n) is 9.31. The molecule has 0 spiro atoms. The van der Waals surface area contributed by atoms with Crippen LogP contribution in [-0.4, -0.2) is 61.3 Å². The first-order valence-corrected chi connectivity index (χ1v) is 13.0. The number of benzene rings is 3. The van der Waals surface area contributed by atoms with Gasteiger partial charge in [0, 0.05) is 19.2 Å². The number of hydrogen-bond acceptors (Lipinski definition) is 8. The first kappa shape index (κ1) is 27.4. The highest BCUT2D eigenvalue weighted by molar-refractivity contribution is 6.33. The van der Waals surface area contributed by atoms with E-state index in [4.69, 9.17) is 30.2 Å². The van der Waals surface area contributed by atoms with E-state index in [9.17, 15) is 9.59 Å². The molecule has 11 heteroatoms. The molecular formula is C29H27ClFN3O6. The van der Waals surface area contributed by atoms with Crippen molar-refractivity contribution in [1.82, 2.24) is 9.88 Å². The molecule has 2 heterocycles. The number of aromatic nitrogens is 1. The number of para-hydroxylation sites is 1. The number of oxazole rings is 1. The van der Waals surface area contributed by atoms with Crippen molar-refractivity contribution in [2.24, 2.45) is 0 Å². The fourth-order valence-corrected chi connectivity index (χ4v) is 4.82. The largest absolute Gasteiger partial charge is 0.491 e. The van der Waals surface area contributed by atoms with Gasteiger partial charge < -0.3 is 28.8 Å². The Morgan fingerprint density at radius 1 is 1.12 bits per heavy atom. The normalized spacial score (nSPS) is 16.8. The number of likely N-dealkylation sites (tertiary alicyclic amines) is 1. The SMILES string of the molecule is COC(=O)c1ccc(OC[C@@H]2C[C@H](OC)CN2C(=O)Cc2ccc3nc(Nc4ccccc4Cl)oc3c2F)cc1. The molecule has 1 aliphatic heterocycles. The van der Waals surface area contributed by atoms with Gasteiger partial charge in [-0.05, 0) is 48.9 Å². The number of anilines is 2. The van der Waals surface area contributed by atoms with E-state index in [0.29, 0.717) is 40.5 Å². The number of nitrogens with zero attached hydrogens (tertiary/aromatic N) is 2. The van der Waals surface area contributed by atoms with E-state index in [1.165, 1.54) is 13.2 Å². The van der Waals surface area contributed by atoms with Crippen molar-refractivity contribution in [3.8, 4) is 5.75 Å². The second-order valence-corrected chi connectivity index (χ2v) is 9.72. The Labute approximate surface area is 234 Å². The number of hydrogen-bond donors (Lipinski definition) is 1. The molecule has 3 aromatic carbocycles. The van der Waals surface area contributed by atoms with Crippen LogP contribution >= 0.6 is 11.6 Å². The quantitative estimate of drug-likeness (QED) is 0.269. The van der Waals surface area contributed by atoms with Gasteiger partial charge in [0.2, 0.25) is 5.91 Å². The minimum absolute atomic E-state index is 0.0497. The number of carbonyl (C=O) groups is 2. The summed E-state index contributed by atoms with van der Waals surface area (Å²) in [6, 6.07) is 16.6. The predicted octanol–water partition coefficient (Wildman–Crippen LogP) is 5.39. The minimum atomic E-state index is -0.647. The van der Waals surface area contributed by atoms with Crippen molar-refractivity contribution in [2.75, 3.05) is 32.7 Å². The lowest BCUT2D eigenvalue weighted by molar-refractivity contribution is -0.132. The van der Waals surface area contributed by atoms with Gasteiger partial charge >= 0.3 is 5.97 Å². The highest BCUT2D eigenvalue weighted by atomic mass is 35.5. The average Bonchev–Trinajstić information content (AvgIpc) is 3.59. The standard InChI is InChI=1S/C29H27ClFN3O6/c1-37-21-14-19(16-39-20-10-7-17(8-11-20)28(36)38-2)34(15-21)25(35)13-18-9-12-24-27(26(18)31)40-29(33-24)32-23-6-4-3-5-22(23)30/h3-12,19,21H,13-16H2,1-2H3,(H,32,33)/t19-,21-/m0/s1. The molecule has 208 valence electrons. The van der Waals surface area contributed by atoms with Gasteiger partial charge in [-0.25, -0.2) is 9.18 Å². The number of methoxy groups -OCH3 is 2. The van der Waals surface area contributed by atoms with Crippen molar-refractivity contribution in [2.45, 2.75) is 25.0 Å². The second kappa shape index (κ2) is 11.9. The van der Waals surface area contributed by atoms with E-state index >= 15 is 4.39 Å². The van der Waals surface area contributed by atoms with Crippen molar-refractivity contribution >= 4 is 46.3 Å². The van der Waals surface area contributed by atoms with Gasteiger partial charge in [-0.15, -0.1) is 0 Å². The van der Waals surface area contributed by atoms with E-state index in [1.54, 1.807) is 66.6 Å². The molecule has 1 amide bonds. The van der Waals surface area contributed by atoms with E-state index in [-0.39, 0.29) is 48.2 Å². The molecule has 1 aromatic heterocycles. The topological polar surface area (TPSA) is 103 Å². The van der Waals surface area contributed by atoms with Gasteiger partial charge in [-0.1, -0.05) is 29.8 Å². The van der Waals surface area contributed by atoms with E-state index in [1.807, 2.05) is 0 Å². The summed E-state index contributed by atoms with van der Waals surface area (Å²) in [5, 5.41) is 3.41. The van der Waals surface area contributed by atoms with Gasteiger partial charge in [-0.3, -0.25) is 4.79 Å². The number of rotatable bonds is 9. The third-order valence-corrected chi connectivity index (χ3v) is 7.11. The van der Waals surface area contributed by atoms with Crippen molar-refractivity contribution in [1.29, 1.82) is 0 Å². The van der Waals surface area contributed by atoms with Crippen molar-refractivity contribution in [3.05, 3.63) is 82.6 Å². The Balaban J connectivity index is 1.27. The summed E-state index contributed by atoms with van der Waals surface area (Å²) < 4.78 is 37.2. The number of esters is 1. The van der Waals surface area contributed by atoms with E-state index < -0.39 is 11.8 Å². The molecule has 40 heavy (non-hydrogen) atoms. The molecule has 0 aliphatic carbocycles. The Bertz CT molecular complexity index is 1530.